The summed E-state index contributed by atoms with van der Waals surface area (Å²) >= 11 is 0. The van der Waals surface area contributed by atoms with Gasteiger partial charge >= 0.3 is 0 Å². The Morgan fingerprint density at radius 1 is 0.733 bits per heavy atom. The van der Waals surface area contributed by atoms with Crippen LogP contribution >= 0.6 is 0 Å². The standard InChI is InChI=1S/C47H81N.2C2H6.3C2H2.2CH4/c1-12-34(28-35(13-2)31-48)29-38(44(5,6)7)16-14-15-37-17-19-42-43-22-21-40-41(47(43,11)24-23-46(37,42)10)20-18-39(45(40,8)9)30-36-26-32(3)25-33(4)27-36;5*1-2;;/h21,32-39,41-43H,12-20,22-30H2,1-11H3;2*1-2H3;3*1-2H;2*1H4. The topological polar surface area (TPSA) is 23.8 Å². The van der Waals surface area contributed by atoms with E-state index in [9.17, 15) is 5.26 Å². The van der Waals surface area contributed by atoms with Gasteiger partial charge in [0.05, 0.1) is 6.07 Å². The molecule has 5 rings (SSSR count). The Bertz CT molecular complexity index is 1240. The van der Waals surface area contributed by atoms with Gasteiger partial charge in [0.1, 0.15) is 0 Å². The van der Waals surface area contributed by atoms with Crippen LogP contribution in [0.1, 0.15) is 234 Å². The monoisotopic (exact) mass is 830 g/mol. The summed E-state index contributed by atoms with van der Waals surface area (Å²) < 4.78 is 0. The van der Waals surface area contributed by atoms with Crippen molar-refractivity contribution >= 4 is 0 Å². The third kappa shape index (κ3) is 15.0. The Morgan fingerprint density at radius 2 is 1.27 bits per heavy atom. The Kier molecular flexibility index (Phi) is 30.4. The minimum absolute atomic E-state index is 0. The zero-order valence-electron chi connectivity index (χ0n) is 41.6. The van der Waals surface area contributed by atoms with Crippen molar-refractivity contribution in [3.63, 3.8) is 0 Å². The molecule has 0 N–H and O–H groups in total. The van der Waals surface area contributed by atoms with Gasteiger partial charge in [-0.2, -0.15) is 5.26 Å². The summed E-state index contributed by atoms with van der Waals surface area (Å²) in [6, 6.07) is 2.60. The van der Waals surface area contributed by atoms with Crippen LogP contribution in [0.2, 0.25) is 0 Å². The van der Waals surface area contributed by atoms with Crippen LogP contribution in [0, 0.1) is 137 Å². The molecule has 0 aromatic heterocycles. The number of fused-ring (bicyclic) bond motifs is 5. The molecule has 60 heavy (non-hydrogen) atoms. The second-order valence-electron chi connectivity index (χ2n) is 21.4. The van der Waals surface area contributed by atoms with Crippen molar-refractivity contribution in [3.05, 3.63) is 11.6 Å². The molecule has 0 aliphatic heterocycles. The molecular formula is C59H107N. The van der Waals surface area contributed by atoms with E-state index in [0.29, 0.717) is 27.6 Å². The molecule has 12 unspecified atom stereocenters. The van der Waals surface area contributed by atoms with Crippen LogP contribution in [-0.4, -0.2) is 0 Å². The van der Waals surface area contributed by atoms with E-state index in [1.807, 2.05) is 33.3 Å². The van der Waals surface area contributed by atoms with Gasteiger partial charge in [0.15, 0.2) is 0 Å². The molecule has 348 valence electrons. The zero-order valence-corrected chi connectivity index (χ0v) is 41.6. The molecule has 4 fully saturated rings. The first-order valence-corrected chi connectivity index (χ1v) is 24.7. The fourth-order valence-electron chi connectivity index (χ4n) is 14.0. The molecule has 5 aliphatic carbocycles. The number of allylic oxidation sites excluding steroid dienone is 2. The van der Waals surface area contributed by atoms with Crippen molar-refractivity contribution in [1.82, 2.24) is 0 Å². The van der Waals surface area contributed by atoms with Gasteiger partial charge in [-0.05, 0) is 184 Å². The van der Waals surface area contributed by atoms with E-state index in [4.69, 9.17) is 0 Å². The van der Waals surface area contributed by atoms with Crippen LogP contribution in [0.4, 0.5) is 0 Å². The molecule has 12 atom stereocenters. The lowest BCUT2D eigenvalue weighted by molar-refractivity contribution is -0.0851. The van der Waals surface area contributed by atoms with Gasteiger partial charge in [0.25, 0.3) is 0 Å². The highest BCUT2D eigenvalue weighted by Gasteiger charge is 2.61. The van der Waals surface area contributed by atoms with E-state index in [2.05, 4.69) is 127 Å². The van der Waals surface area contributed by atoms with Gasteiger partial charge in [0, 0.05) is 5.92 Å². The lowest BCUT2D eigenvalue weighted by Gasteiger charge is -2.62. The fraction of sp³-hybridized carbons (Fsp3) is 0.847. The third-order valence-corrected chi connectivity index (χ3v) is 17.2. The molecule has 0 aromatic carbocycles. The van der Waals surface area contributed by atoms with E-state index >= 15 is 0 Å². The van der Waals surface area contributed by atoms with Crippen LogP contribution in [0.15, 0.2) is 11.6 Å². The maximum absolute atomic E-state index is 9.64. The highest BCUT2D eigenvalue weighted by atomic mass is 14.7. The second-order valence-corrected chi connectivity index (χ2v) is 21.4. The molecule has 0 radical (unpaired) electrons. The van der Waals surface area contributed by atoms with Gasteiger partial charge in [0.2, 0.25) is 0 Å². The number of nitriles is 1. The summed E-state index contributed by atoms with van der Waals surface area (Å²) in [6.45, 7) is 35.9. The molecular weight excluding hydrogens is 723 g/mol. The molecule has 4 saturated carbocycles. The molecule has 5 aliphatic rings. The lowest BCUT2D eigenvalue weighted by atomic mass is 9.42. The zero-order chi connectivity index (χ0) is 45.1. The van der Waals surface area contributed by atoms with Gasteiger partial charge in [-0.15, -0.1) is 38.5 Å². The van der Waals surface area contributed by atoms with Crippen molar-refractivity contribution in [2.45, 2.75) is 234 Å². The average molecular weight is 831 g/mol. The van der Waals surface area contributed by atoms with Crippen molar-refractivity contribution in [2.24, 2.45) is 86.8 Å². The molecule has 0 saturated heterocycles. The Morgan fingerprint density at radius 3 is 1.77 bits per heavy atom. The lowest BCUT2D eigenvalue weighted by Crippen LogP contribution is -2.54. The molecule has 1 nitrogen and oxygen atoms in total. The Balaban J connectivity index is -0.00000252. The number of rotatable bonds is 12. The summed E-state index contributed by atoms with van der Waals surface area (Å²) in [7, 11) is 0. The quantitative estimate of drug-likeness (QED) is 0.142. The molecule has 0 spiro atoms. The first kappa shape index (κ1) is 62.2. The number of hydrogen-bond donors (Lipinski definition) is 0. The summed E-state index contributed by atoms with van der Waals surface area (Å²) in [5.41, 5.74) is 3.72. The summed E-state index contributed by atoms with van der Waals surface area (Å²) in [5.74, 6) is 9.02. The predicted molar refractivity (Wildman–Crippen MR) is 273 cm³/mol. The Labute approximate surface area is 381 Å². The number of nitrogens with zero attached hydrogens (tertiary/aromatic N) is 1. The first-order valence-electron chi connectivity index (χ1n) is 24.7. The minimum Gasteiger partial charge on any atom is -0.198 e. The predicted octanol–water partition coefficient (Wildman–Crippen LogP) is 18.5. The maximum Gasteiger partial charge on any atom is 0.0655 e. The second kappa shape index (κ2) is 29.3. The van der Waals surface area contributed by atoms with Crippen LogP contribution in [0.5, 0.6) is 0 Å². The highest BCUT2D eigenvalue weighted by Crippen LogP contribution is 2.70. The molecule has 1 heteroatoms. The number of hydrogen-bond acceptors (Lipinski definition) is 1. The summed E-state index contributed by atoms with van der Waals surface area (Å²) in [4.78, 5) is 0. The minimum atomic E-state index is 0. The van der Waals surface area contributed by atoms with E-state index in [-0.39, 0.29) is 20.8 Å². The van der Waals surface area contributed by atoms with Gasteiger partial charge < -0.3 is 0 Å². The van der Waals surface area contributed by atoms with Gasteiger partial charge in [-0.25, -0.2) is 0 Å². The van der Waals surface area contributed by atoms with E-state index < -0.39 is 0 Å². The summed E-state index contributed by atoms with van der Waals surface area (Å²) in [5, 5.41) is 9.64. The van der Waals surface area contributed by atoms with Crippen LogP contribution in [0.3, 0.4) is 0 Å². The van der Waals surface area contributed by atoms with Crippen LogP contribution in [0.25, 0.3) is 0 Å². The normalized spacial score (nSPS) is 33.3. The summed E-state index contributed by atoms with van der Waals surface area (Å²) in [6.07, 6.45) is 51.9. The smallest absolute Gasteiger partial charge is 0.0655 e. The SMILES string of the molecule is C.C.C#C.C#C.C#C.CC.CC.CCC(C#N)CC(CC)CC(CCCC1CCC2C3CC=C4C(CCC(CC5CC(C)CC(C)C5)C4(C)C)C3(C)CCC12C)C(C)(C)C. The van der Waals surface area contributed by atoms with Crippen molar-refractivity contribution < 1.29 is 0 Å². The van der Waals surface area contributed by atoms with Crippen molar-refractivity contribution in [2.75, 3.05) is 0 Å². The fourth-order valence-corrected chi connectivity index (χ4v) is 14.0. The number of terminal acetylenes is 3. The molecule has 0 heterocycles. The highest BCUT2D eigenvalue weighted by molar-refractivity contribution is 5.28. The molecule has 0 aromatic rings. The molecule has 0 bridgehead atoms. The molecule has 0 amide bonds. The van der Waals surface area contributed by atoms with Crippen LogP contribution < -0.4 is 0 Å². The first-order chi connectivity index (χ1) is 27.6. The van der Waals surface area contributed by atoms with Gasteiger partial charge in [-0.3, -0.25) is 0 Å². The largest absolute Gasteiger partial charge is 0.198 e. The maximum atomic E-state index is 9.64. The van der Waals surface area contributed by atoms with E-state index in [1.54, 1.807) is 0 Å². The van der Waals surface area contributed by atoms with Gasteiger partial charge in [-0.1, -0.05) is 143 Å². The van der Waals surface area contributed by atoms with Crippen LogP contribution in [-0.2, 0) is 0 Å². The third-order valence-electron chi connectivity index (χ3n) is 17.2. The average Bonchev–Trinajstić information content (AvgIpc) is 3.55. The van der Waals surface area contributed by atoms with E-state index in [1.165, 1.54) is 103 Å². The Hall–Kier alpha value is -2.09. The van der Waals surface area contributed by atoms with E-state index in [0.717, 1.165) is 66.1 Å². The van der Waals surface area contributed by atoms with Crippen molar-refractivity contribution in [1.29, 1.82) is 5.26 Å². The van der Waals surface area contributed by atoms with Crippen molar-refractivity contribution in [3.8, 4) is 44.6 Å².